The van der Waals surface area contributed by atoms with Crippen molar-refractivity contribution in [3.8, 4) is 0 Å². The first-order valence-electron chi connectivity index (χ1n) is 10.9. The quantitative estimate of drug-likeness (QED) is 0.372. The fourth-order valence-electron chi connectivity index (χ4n) is 3.80. The van der Waals surface area contributed by atoms with Crippen molar-refractivity contribution in [1.29, 1.82) is 0 Å². The number of thiophene rings is 1. The lowest BCUT2D eigenvalue weighted by Gasteiger charge is -2.32. The maximum absolute atomic E-state index is 13.7. The van der Waals surface area contributed by atoms with Gasteiger partial charge in [-0.05, 0) is 47.2 Å². The van der Waals surface area contributed by atoms with E-state index in [-0.39, 0.29) is 18.2 Å². The van der Waals surface area contributed by atoms with Crippen molar-refractivity contribution in [2.45, 2.75) is 25.9 Å². The molecule has 1 N–H and O–H groups in total. The van der Waals surface area contributed by atoms with Crippen LogP contribution in [0.3, 0.4) is 0 Å². The molecule has 0 bridgehead atoms. The summed E-state index contributed by atoms with van der Waals surface area (Å²) in [6.07, 6.45) is 0.237. The summed E-state index contributed by atoms with van der Waals surface area (Å²) in [4.78, 5) is 29.9. The Hall–Kier alpha value is -3.70. The Labute approximate surface area is 198 Å². The van der Waals surface area contributed by atoms with Crippen molar-refractivity contribution in [3.63, 3.8) is 0 Å². The Morgan fingerprint density at radius 2 is 1.61 bits per heavy atom. The van der Waals surface area contributed by atoms with E-state index in [1.54, 1.807) is 16.2 Å². The molecule has 4 nitrogen and oxygen atoms in total. The Morgan fingerprint density at radius 1 is 0.879 bits per heavy atom. The highest BCUT2D eigenvalue weighted by Crippen LogP contribution is 2.30. The SMILES string of the molecule is Cc1cccc(N(C(=O)Cc2cccs2)[C@@H](C(=O)NCc2ccccc2)c2ccccc2)c1. The predicted octanol–water partition coefficient (Wildman–Crippen LogP) is 5.69. The minimum atomic E-state index is -0.788. The van der Waals surface area contributed by atoms with Gasteiger partial charge in [0, 0.05) is 17.1 Å². The van der Waals surface area contributed by atoms with Crippen molar-refractivity contribution in [3.05, 3.63) is 124 Å². The van der Waals surface area contributed by atoms with E-state index in [2.05, 4.69) is 5.32 Å². The number of carbonyl (C=O) groups excluding carboxylic acids is 2. The molecule has 0 saturated heterocycles. The second kappa shape index (κ2) is 10.7. The van der Waals surface area contributed by atoms with Crippen LogP contribution in [0.2, 0.25) is 0 Å². The van der Waals surface area contributed by atoms with E-state index in [9.17, 15) is 9.59 Å². The molecule has 2 amide bonds. The molecule has 0 fully saturated rings. The van der Waals surface area contributed by atoms with Crippen LogP contribution in [0.25, 0.3) is 0 Å². The molecule has 4 rings (SSSR count). The van der Waals surface area contributed by atoms with Crippen LogP contribution in [0.1, 0.15) is 27.6 Å². The molecule has 0 unspecified atom stereocenters. The van der Waals surface area contributed by atoms with Crippen molar-refractivity contribution in [1.82, 2.24) is 5.32 Å². The molecule has 0 radical (unpaired) electrons. The van der Waals surface area contributed by atoms with Gasteiger partial charge in [-0.3, -0.25) is 14.5 Å². The summed E-state index contributed by atoms with van der Waals surface area (Å²) in [7, 11) is 0. The van der Waals surface area contributed by atoms with E-state index >= 15 is 0 Å². The molecule has 0 aliphatic heterocycles. The zero-order valence-electron chi connectivity index (χ0n) is 18.5. The number of benzene rings is 3. The molecule has 4 aromatic rings. The van der Waals surface area contributed by atoms with Gasteiger partial charge in [0.2, 0.25) is 11.8 Å². The van der Waals surface area contributed by atoms with Crippen LogP contribution < -0.4 is 10.2 Å². The van der Waals surface area contributed by atoms with Gasteiger partial charge >= 0.3 is 0 Å². The van der Waals surface area contributed by atoms with Gasteiger partial charge in [0.1, 0.15) is 6.04 Å². The highest BCUT2D eigenvalue weighted by molar-refractivity contribution is 7.10. The highest BCUT2D eigenvalue weighted by Gasteiger charge is 2.32. The minimum absolute atomic E-state index is 0.119. The number of carbonyl (C=O) groups is 2. The molecular weight excluding hydrogens is 428 g/mol. The summed E-state index contributed by atoms with van der Waals surface area (Å²) in [5, 5.41) is 5.01. The molecule has 0 aliphatic rings. The Morgan fingerprint density at radius 3 is 2.27 bits per heavy atom. The first-order chi connectivity index (χ1) is 16.1. The van der Waals surface area contributed by atoms with E-state index in [1.807, 2.05) is 109 Å². The minimum Gasteiger partial charge on any atom is -0.350 e. The molecule has 1 aromatic heterocycles. The van der Waals surface area contributed by atoms with Gasteiger partial charge in [0.05, 0.1) is 6.42 Å². The number of nitrogens with one attached hydrogen (secondary N) is 1. The second-order valence-electron chi connectivity index (χ2n) is 7.88. The zero-order chi connectivity index (χ0) is 23.0. The molecule has 166 valence electrons. The van der Waals surface area contributed by atoms with Crippen molar-refractivity contribution >= 4 is 28.8 Å². The molecule has 5 heteroatoms. The number of hydrogen-bond acceptors (Lipinski definition) is 3. The molecule has 0 spiro atoms. The van der Waals surface area contributed by atoms with Crippen LogP contribution in [-0.2, 0) is 22.6 Å². The largest absolute Gasteiger partial charge is 0.350 e. The molecule has 3 aromatic carbocycles. The summed E-state index contributed by atoms with van der Waals surface area (Å²) in [6, 6.07) is 30.1. The maximum Gasteiger partial charge on any atom is 0.248 e. The zero-order valence-corrected chi connectivity index (χ0v) is 19.3. The van der Waals surface area contributed by atoms with Crippen molar-refractivity contribution < 1.29 is 9.59 Å². The van der Waals surface area contributed by atoms with Gasteiger partial charge in [-0.15, -0.1) is 11.3 Å². The fourth-order valence-corrected chi connectivity index (χ4v) is 4.49. The third kappa shape index (κ3) is 5.76. The van der Waals surface area contributed by atoms with E-state index in [4.69, 9.17) is 0 Å². The second-order valence-corrected chi connectivity index (χ2v) is 8.91. The van der Waals surface area contributed by atoms with Crippen LogP contribution in [0, 0.1) is 6.92 Å². The molecule has 33 heavy (non-hydrogen) atoms. The lowest BCUT2D eigenvalue weighted by molar-refractivity contribution is -0.126. The van der Waals surface area contributed by atoms with Gasteiger partial charge in [0.15, 0.2) is 0 Å². The lowest BCUT2D eigenvalue weighted by atomic mass is 10.0. The van der Waals surface area contributed by atoms with Crippen LogP contribution >= 0.6 is 11.3 Å². The summed E-state index contributed by atoms with van der Waals surface area (Å²) in [5.74, 6) is -0.335. The van der Waals surface area contributed by atoms with Gasteiger partial charge in [0.25, 0.3) is 0 Å². The van der Waals surface area contributed by atoms with Crippen LogP contribution in [0.4, 0.5) is 5.69 Å². The number of hydrogen-bond donors (Lipinski definition) is 1. The summed E-state index contributed by atoms with van der Waals surface area (Å²) >= 11 is 1.54. The van der Waals surface area contributed by atoms with E-state index < -0.39 is 6.04 Å². The van der Waals surface area contributed by atoms with Crippen LogP contribution in [-0.4, -0.2) is 11.8 Å². The van der Waals surface area contributed by atoms with Crippen LogP contribution in [0.15, 0.2) is 102 Å². The van der Waals surface area contributed by atoms with E-state index in [0.717, 1.165) is 21.6 Å². The monoisotopic (exact) mass is 454 g/mol. The molecule has 1 heterocycles. The number of aryl methyl sites for hydroxylation is 1. The third-order valence-corrected chi connectivity index (χ3v) is 6.26. The molecule has 0 saturated carbocycles. The Kier molecular flexibility index (Phi) is 7.33. The van der Waals surface area contributed by atoms with Gasteiger partial charge in [-0.25, -0.2) is 0 Å². The average molecular weight is 455 g/mol. The number of rotatable bonds is 8. The van der Waals surface area contributed by atoms with E-state index in [1.165, 1.54) is 0 Å². The van der Waals surface area contributed by atoms with Crippen molar-refractivity contribution in [2.75, 3.05) is 4.90 Å². The third-order valence-electron chi connectivity index (χ3n) is 5.39. The predicted molar refractivity (Wildman–Crippen MR) is 134 cm³/mol. The number of anilines is 1. The Bertz CT molecular complexity index is 1190. The van der Waals surface area contributed by atoms with Gasteiger partial charge in [-0.1, -0.05) is 78.9 Å². The highest BCUT2D eigenvalue weighted by atomic mass is 32.1. The Balaban J connectivity index is 1.72. The van der Waals surface area contributed by atoms with Gasteiger partial charge < -0.3 is 5.32 Å². The number of amides is 2. The average Bonchev–Trinajstić information content (AvgIpc) is 3.35. The van der Waals surface area contributed by atoms with Crippen molar-refractivity contribution in [2.24, 2.45) is 0 Å². The topological polar surface area (TPSA) is 49.4 Å². The van der Waals surface area contributed by atoms with E-state index in [0.29, 0.717) is 12.2 Å². The molecule has 0 aliphatic carbocycles. The lowest BCUT2D eigenvalue weighted by Crippen LogP contribution is -2.44. The smallest absolute Gasteiger partial charge is 0.248 e. The summed E-state index contributed by atoms with van der Waals surface area (Å²) < 4.78 is 0. The first kappa shape index (κ1) is 22.5. The molecule has 1 atom stereocenters. The first-order valence-corrected chi connectivity index (χ1v) is 11.8. The maximum atomic E-state index is 13.7. The standard InChI is InChI=1S/C28H26N2O2S/c1-21-10-8-15-24(18-21)30(26(31)19-25-16-9-17-33-25)27(23-13-6-3-7-14-23)28(32)29-20-22-11-4-2-5-12-22/h2-18,27H,19-20H2,1H3,(H,29,32)/t27-/m1/s1. The van der Waals surface area contributed by atoms with Gasteiger partial charge in [-0.2, -0.15) is 0 Å². The molecular formula is C28H26N2O2S. The van der Waals surface area contributed by atoms with Crippen LogP contribution in [0.5, 0.6) is 0 Å². The fraction of sp³-hybridized carbons (Fsp3) is 0.143. The summed E-state index contributed by atoms with van der Waals surface area (Å²) in [6.45, 7) is 2.38. The summed E-state index contributed by atoms with van der Waals surface area (Å²) in [5.41, 5.74) is 3.51. The normalized spacial score (nSPS) is 11.5. The number of nitrogens with zero attached hydrogens (tertiary/aromatic N) is 1.